The number of hydrogen-bond donors (Lipinski definition) is 1. The molecule has 0 atom stereocenters. The summed E-state index contributed by atoms with van der Waals surface area (Å²) in [5.41, 5.74) is 0.483. The summed E-state index contributed by atoms with van der Waals surface area (Å²) in [6.45, 7) is 0.224. The van der Waals surface area contributed by atoms with Crippen molar-refractivity contribution in [3.8, 4) is 6.07 Å². The SMILES string of the molecule is N#Cc1ccc(NCc2ccc(CSC(F)F)o2)c(F)c1. The van der Waals surface area contributed by atoms with Gasteiger partial charge in [0, 0.05) is 0 Å². The fourth-order valence-electron chi connectivity index (χ4n) is 1.65. The zero-order valence-electron chi connectivity index (χ0n) is 10.8. The Morgan fingerprint density at radius 2 is 2.00 bits per heavy atom. The average molecular weight is 312 g/mol. The number of nitrogens with one attached hydrogen (secondary N) is 1. The Morgan fingerprint density at radius 3 is 2.67 bits per heavy atom. The van der Waals surface area contributed by atoms with Gasteiger partial charge in [0.25, 0.3) is 5.76 Å². The van der Waals surface area contributed by atoms with Gasteiger partial charge in [-0.05, 0) is 30.3 Å². The Morgan fingerprint density at radius 1 is 1.24 bits per heavy atom. The first kappa shape index (κ1) is 15.3. The molecule has 3 nitrogen and oxygen atoms in total. The van der Waals surface area contributed by atoms with Crippen LogP contribution < -0.4 is 5.32 Å². The van der Waals surface area contributed by atoms with Crippen molar-refractivity contribution < 1.29 is 17.6 Å². The third-order valence-electron chi connectivity index (χ3n) is 2.62. The van der Waals surface area contributed by atoms with Crippen molar-refractivity contribution >= 4 is 17.4 Å². The maximum absolute atomic E-state index is 13.6. The topological polar surface area (TPSA) is 49.0 Å². The van der Waals surface area contributed by atoms with E-state index in [0.717, 1.165) is 6.07 Å². The molecule has 0 saturated carbocycles. The minimum Gasteiger partial charge on any atom is -0.463 e. The van der Waals surface area contributed by atoms with Gasteiger partial charge in [0.15, 0.2) is 0 Å². The lowest BCUT2D eigenvalue weighted by atomic mass is 10.2. The number of nitriles is 1. The number of alkyl halides is 2. The molecule has 0 fully saturated rings. The van der Waals surface area contributed by atoms with E-state index in [1.165, 1.54) is 12.1 Å². The molecule has 0 aliphatic heterocycles. The lowest BCUT2D eigenvalue weighted by Crippen LogP contribution is -2.00. The first-order valence-corrected chi connectivity index (χ1v) is 7.04. The van der Waals surface area contributed by atoms with E-state index >= 15 is 0 Å². The normalized spacial score (nSPS) is 10.6. The highest BCUT2D eigenvalue weighted by atomic mass is 32.2. The largest absolute Gasteiger partial charge is 0.463 e. The molecule has 0 unspecified atom stereocenters. The van der Waals surface area contributed by atoms with E-state index in [4.69, 9.17) is 9.68 Å². The van der Waals surface area contributed by atoms with Crippen molar-refractivity contribution in [2.24, 2.45) is 0 Å². The molecule has 2 aromatic rings. The zero-order chi connectivity index (χ0) is 15.2. The Bertz CT molecular complexity index is 652. The van der Waals surface area contributed by atoms with Crippen LogP contribution in [0.2, 0.25) is 0 Å². The van der Waals surface area contributed by atoms with Gasteiger partial charge in [-0.25, -0.2) is 4.39 Å². The van der Waals surface area contributed by atoms with Gasteiger partial charge >= 0.3 is 0 Å². The Kier molecular flexibility index (Phi) is 5.17. The van der Waals surface area contributed by atoms with E-state index in [2.05, 4.69) is 5.32 Å². The highest BCUT2D eigenvalue weighted by Gasteiger charge is 2.08. The number of rotatable bonds is 6. The highest BCUT2D eigenvalue weighted by Crippen LogP contribution is 2.22. The molecule has 0 amide bonds. The minimum atomic E-state index is -2.44. The molecule has 0 aliphatic rings. The Labute approximate surface area is 123 Å². The van der Waals surface area contributed by atoms with Crippen LogP contribution in [0.1, 0.15) is 17.1 Å². The average Bonchev–Trinajstić information content (AvgIpc) is 2.91. The summed E-state index contributed by atoms with van der Waals surface area (Å²) in [4.78, 5) is 0. The van der Waals surface area contributed by atoms with Gasteiger partial charge in [0.2, 0.25) is 0 Å². The van der Waals surface area contributed by atoms with Gasteiger partial charge in [-0.3, -0.25) is 0 Å². The molecule has 0 saturated heterocycles. The van der Waals surface area contributed by atoms with E-state index in [1.807, 2.05) is 6.07 Å². The Balaban J connectivity index is 1.93. The van der Waals surface area contributed by atoms with E-state index in [-0.39, 0.29) is 23.5 Å². The molecule has 110 valence electrons. The summed E-state index contributed by atoms with van der Waals surface area (Å²) in [6.07, 6.45) is 0. The lowest BCUT2D eigenvalue weighted by Gasteiger charge is -2.06. The third kappa shape index (κ3) is 4.46. The van der Waals surface area contributed by atoms with Crippen molar-refractivity contribution in [3.63, 3.8) is 0 Å². The summed E-state index contributed by atoms with van der Waals surface area (Å²) in [7, 11) is 0. The summed E-state index contributed by atoms with van der Waals surface area (Å²) >= 11 is 0.481. The Hall–Kier alpha value is -2.07. The number of halogens is 3. The van der Waals surface area contributed by atoms with Crippen LogP contribution in [-0.4, -0.2) is 5.76 Å². The fourth-order valence-corrected chi connectivity index (χ4v) is 2.10. The first-order chi connectivity index (χ1) is 10.1. The molecular weight excluding hydrogens is 301 g/mol. The van der Waals surface area contributed by atoms with Gasteiger partial charge < -0.3 is 9.73 Å². The number of benzene rings is 1. The molecule has 0 aliphatic carbocycles. The summed E-state index contributed by atoms with van der Waals surface area (Å²) in [5, 5.41) is 11.5. The van der Waals surface area contributed by atoms with Crippen LogP contribution in [0.5, 0.6) is 0 Å². The molecule has 0 bridgehead atoms. The molecular formula is C14H11F3N2OS. The van der Waals surface area contributed by atoms with Crippen LogP contribution in [0.25, 0.3) is 0 Å². The van der Waals surface area contributed by atoms with Crippen LogP contribution >= 0.6 is 11.8 Å². The predicted molar refractivity (Wildman–Crippen MR) is 74.4 cm³/mol. The van der Waals surface area contributed by atoms with Gasteiger partial charge in [0.05, 0.1) is 29.6 Å². The van der Waals surface area contributed by atoms with Gasteiger partial charge in [-0.2, -0.15) is 14.0 Å². The monoisotopic (exact) mass is 312 g/mol. The molecule has 21 heavy (non-hydrogen) atoms. The second kappa shape index (κ2) is 7.09. The molecule has 1 heterocycles. The second-order valence-electron chi connectivity index (χ2n) is 4.10. The van der Waals surface area contributed by atoms with E-state index in [1.54, 1.807) is 12.1 Å². The van der Waals surface area contributed by atoms with Crippen LogP contribution in [0, 0.1) is 17.1 Å². The quantitative estimate of drug-likeness (QED) is 0.861. The second-order valence-corrected chi connectivity index (χ2v) is 5.08. The lowest BCUT2D eigenvalue weighted by molar-refractivity contribution is 0.251. The van der Waals surface area contributed by atoms with Crippen molar-refractivity contribution in [2.75, 3.05) is 5.32 Å². The van der Waals surface area contributed by atoms with Gasteiger partial charge in [-0.15, -0.1) is 0 Å². The summed E-state index contributed by atoms with van der Waals surface area (Å²) in [5.74, 6) is -1.93. The maximum Gasteiger partial charge on any atom is 0.284 e. The number of thioether (sulfide) groups is 1. The van der Waals surface area contributed by atoms with Crippen molar-refractivity contribution in [1.82, 2.24) is 0 Å². The summed E-state index contributed by atoms with van der Waals surface area (Å²) < 4.78 is 43.1. The highest BCUT2D eigenvalue weighted by molar-refractivity contribution is 7.98. The van der Waals surface area contributed by atoms with Crippen LogP contribution in [-0.2, 0) is 12.3 Å². The van der Waals surface area contributed by atoms with Crippen LogP contribution in [0.4, 0.5) is 18.9 Å². The molecule has 7 heteroatoms. The third-order valence-corrected chi connectivity index (χ3v) is 3.32. The molecule has 1 aromatic carbocycles. The van der Waals surface area contributed by atoms with Crippen LogP contribution in [0.15, 0.2) is 34.7 Å². The zero-order valence-corrected chi connectivity index (χ0v) is 11.6. The predicted octanol–water partition coefficient (Wildman–Crippen LogP) is 4.36. The molecule has 1 aromatic heterocycles. The number of nitrogens with zero attached hydrogens (tertiary/aromatic N) is 1. The minimum absolute atomic E-state index is 0.0862. The van der Waals surface area contributed by atoms with Gasteiger partial charge in [0.1, 0.15) is 17.3 Å². The fraction of sp³-hybridized carbons (Fsp3) is 0.214. The molecule has 0 radical (unpaired) electrons. The van der Waals surface area contributed by atoms with Crippen LogP contribution in [0.3, 0.4) is 0 Å². The van der Waals surface area contributed by atoms with E-state index < -0.39 is 11.6 Å². The molecule has 2 rings (SSSR count). The van der Waals surface area contributed by atoms with Gasteiger partial charge in [-0.1, -0.05) is 11.8 Å². The van der Waals surface area contributed by atoms with Crippen molar-refractivity contribution in [2.45, 2.75) is 18.1 Å². The first-order valence-electron chi connectivity index (χ1n) is 5.99. The standard InChI is InChI=1S/C14H11F3N2OS/c15-12-5-9(6-18)1-4-13(12)19-7-10-2-3-11(20-10)8-21-14(16)17/h1-5,14,19H,7-8H2. The number of hydrogen-bond acceptors (Lipinski definition) is 4. The van der Waals surface area contributed by atoms with Crippen molar-refractivity contribution in [3.05, 3.63) is 53.2 Å². The molecule has 1 N–H and O–H groups in total. The number of anilines is 1. The number of furan rings is 1. The van der Waals surface area contributed by atoms with E-state index in [9.17, 15) is 13.2 Å². The molecule has 0 spiro atoms. The maximum atomic E-state index is 13.6. The summed E-state index contributed by atoms with van der Waals surface area (Å²) in [6, 6.07) is 9.20. The van der Waals surface area contributed by atoms with E-state index in [0.29, 0.717) is 23.3 Å². The smallest absolute Gasteiger partial charge is 0.284 e. The van der Waals surface area contributed by atoms with Crippen molar-refractivity contribution in [1.29, 1.82) is 5.26 Å².